The molecule has 0 bridgehead atoms. The number of aromatic nitrogens is 2. The van der Waals surface area contributed by atoms with Crippen LogP contribution in [0.1, 0.15) is 22.9 Å². The molecule has 0 saturated heterocycles. The van der Waals surface area contributed by atoms with E-state index in [1.54, 1.807) is 6.20 Å². The van der Waals surface area contributed by atoms with Gasteiger partial charge in [-0.05, 0) is 18.9 Å². The Morgan fingerprint density at radius 1 is 1.35 bits per heavy atom. The van der Waals surface area contributed by atoms with Crippen molar-refractivity contribution in [1.82, 2.24) is 10.2 Å². The normalized spacial score (nSPS) is 14.5. The molecule has 0 aliphatic rings. The Balaban J connectivity index is 2.06. The number of hydrogen-bond acceptors (Lipinski definition) is 3. The Kier molecular flexibility index (Phi) is 3.56. The summed E-state index contributed by atoms with van der Waals surface area (Å²) < 4.78 is 0. The summed E-state index contributed by atoms with van der Waals surface area (Å²) >= 11 is 0. The second kappa shape index (κ2) is 5.12. The third-order valence-corrected chi connectivity index (χ3v) is 2.91. The van der Waals surface area contributed by atoms with Crippen molar-refractivity contribution in [3.63, 3.8) is 0 Å². The molecule has 0 amide bonds. The van der Waals surface area contributed by atoms with Crippen molar-refractivity contribution in [3.8, 4) is 0 Å². The standard InChI is InChI=1S/C13H17N3O/c1-9-11(8-15-16-9)13(17)12(14)7-10-5-3-2-4-6-10/h2-6,8,12-13,17H,7,14H2,1H3,(H,15,16). The van der Waals surface area contributed by atoms with Gasteiger partial charge in [0.05, 0.1) is 12.3 Å². The molecule has 0 fully saturated rings. The number of benzene rings is 1. The average molecular weight is 231 g/mol. The number of rotatable bonds is 4. The number of nitrogens with two attached hydrogens (primary N) is 1. The van der Waals surface area contributed by atoms with Gasteiger partial charge in [0.1, 0.15) is 0 Å². The number of aryl methyl sites for hydroxylation is 1. The van der Waals surface area contributed by atoms with Crippen molar-refractivity contribution in [1.29, 1.82) is 0 Å². The molecule has 0 aliphatic carbocycles. The van der Waals surface area contributed by atoms with E-state index in [4.69, 9.17) is 5.73 Å². The predicted molar refractivity (Wildman–Crippen MR) is 66.4 cm³/mol. The fourth-order valence-corrected chi connectivity index (χ4v) is 1.89. The Morgan fingerprint density at radius 2 is 2.06 bits per heavy atom. The van der Waals surface area contributed by atoms with Crippen LogP contribution in [0.3, 0.4) is 0 Å². The number of aliphatic hydroxyl groups is 1. The Morgan fingerprint density at radius 3 is 2.65 bits per heavy atom. The van der Waals surface area contributed by atoms with Crippen LogP contribution in [-0.4, -0.2) is 21.3 Å². The van der Waals surface area contributed by atoms with Crippen LogP contribution < -0.4 is 5.73 Å². The minimum atomic E-state index is -0.686. The molecule has 17 heavy (non-hydrogen) atoms. The van der Waals surface area contributed by atoms with E-state index in [-0.39, 0.29) is 6.04 Å². The van der Waals surface area contributed by atoms with Crippen LogP contribution >= 0.6 is 0 Å². The van der Waals surface area contributed by atoms with E-state index in [0.29, 0.717) is 6.42 Å². The van der Waals surface area contributed by atoms with Crippen molar-refractivity contribution >= 4 is 0 Å². The van der Waals surface area contributed by atoms with Crippen LogP contribution in [0.25, 0.3) is 0 Å². The van der Waals surface area contributed by atoms with Crippen LogP contribution in [0.5, 0.6) is 0 Å². The molecule has 4 heteroatoms. The molecule has 1 heterocycles. The van der Waals surface area contributed by atoms with E-state index in [2.05, 4.69) is 10.2 Å². The summed E-state index contributed by atoms with van der Waals surface area (Å²) in [6, 6.07) is 9.60. The molecule has 90 valence electrons. The van der Waals surface area contributed by atoms with Crippen molar-refractivity contribution in [2.24, 2.45) is 5.73 Å². The zero-order valence-corrected chi connectivity index (χ0v) is 9.80. The number of aromatic amines is 1. The molecule has 1 aromatic heterocycles. The minimum absolute atomic E-state index is 0.325. The molecule has 0 radical (unpaired) electrons. The monoisotopic (exact) mass is 231 g/mol. The predicted octanol–water partition coefficient (Wildman–Crippen LogP) is 1.32. The third kappa shape index (κ3) is 2.72. The number of aliphatic hydroxyl groups excluding tert-OH is 1. The lowest BCUT2D eigenvalue weighted by Crippen LogP contribution is -2.30. The summed E-state index contributed by atoms with van der Waals surface area (Å²) in [7, 11) is 0. The Labute approximate surface area is 100 Å². The number of nitrogens with one attached hydrogen (secondary N) is 1. The Bertz CT molecular complexity index is 467. The van der Waals surface area contributed by atoms with Crippen LogP contribution in [0.15, 0.2) is 36.5 Å². The number of nitrogens with zero attached hydrogens (tertiary/aromatic N) is 1. The summed E-state index contributed by atoms with van der Waals surface area (Å²) in [5.41, 5.74) is 8.78. The summed E-state index contributed by atoms with van der Waals surface area (Å²) in [5, 5.41) is 16.8. The van der Waals surface area contributed by atoms with Gasteiger partial charge < -0.3 is 10.8 Å². The fraction of sp³-hybridized carbons (Fsp3) is 0.308. The van der Waals surface area contributed by atoms with Gasteiger partial charge in [-0.1, -0.05) is 30.3 Å². The molecule has 1 aromatic carbocycles. The highest BCUT2D eigenvalue weighted by Crippen LogP contribution is 2.19. The summed E-state index contributed by atoms with van der Waals surface area (Å²) in [6.07, 6.45) is 1.59. The minimum Gasteiger partial charge on any atom is -0.387 e. The zero-order valence-electron chi connectivity index (χ0n) is 9.80. The van der Waals surface area contributed by atoms with Crippen LogP contribution in [0.2, 0.25) is 0 Å². The second-order valence-electron chi connectivity index (χ2n) is 4.25. The first-order valence-electron chi connectivity index (χ1n) is 5.66. The van der Waals surface area contributed by atoms with Gasteiger partial charge in [0, 0.05) is 17.3 Å². The van der Waals surface area contributed by atoms with Crippen molar-refractivity contribution < 1.29 is 5.11 Å². The lowest BCUT2D eigenvalue weighted by molar-refractivity contribution is 0.145. The van der Waals surface area contributed by atoms with Crippen LogP contribution in [-0.2, 0) is 6.42 Å². The quantitative estimate of drug-likeness (QED) is 0.743. The van der Waals surface area contributed by atoms with Gasteiger partial charge in [-0.25, -0.2) is 0 Å². The number of H-pyrrole nitrogens is 1. The molecule has 2 atom stereocenters. The van der Waals surface area contributed by atoms with Crippen LogP contribution in [0, 0.1) is 6.92 Å². The highest BCUT2D eigenvalue weighted by atomic mass is 16.3. The van der Waals surface area contributed by atoms with Crippen molar-refractivity contribution in [2.75, 3.05) is 0 Å². The maximum Gasteiger partial charge on any atom is 0.0976 e. The zero-order chi connectivity index (χ0) is 12.3. The topological polar surface area (TPSA) is 74.9 Å². The lowest BCUT2D eigenvalue weighted by atomic mass is 9.97. The first-order valence-corrected chi connectivity index (χ1v) is 5.66. The highest BCUT2D eigenvalue weighted by molar-refractivity contribution is 5.22. The molecular weight excluding hydrogens is 214 g/mol. The van der Waals surface area contributed by atoms with Gasteiger partial charge in [0.2, 0.25) is 0 Å². The smallest absolute Gasteiger partial charge is 0.0976 e. The van der Waals surface area contributed by atoms with E-state index >= 15 is 0 Å². The molecule has 4 nitrogen and oxygen atoms in total. The molecule has 2 rings (SSSR count). The number of hydrogen-bond donors (Lipinski definition) is 3. The average Bonchev–Trinajstić information content (AvgIpc) is 2.76. The summed E-state index contributed by atoms with van der Waals surface area (Å²) in [4.78, 5) is 0. The highest BCUT2D eigenvalue weighted by Gasteiger charge is 2.20. The lowest BCUT2D eigenvalue weighted by Gasteiger charge is -2.18. The largest absolute Gasteiger partial charge is 0.387 e. The molecule has 4 N–H and O–H groups in total. The van der Waals surface area contributed by atoms with Gasteiger partial charge in [0.25, 0.3) is 0 Å². The molecule has 0 aliphatic heterocycles. The van der Waals surface area contributed by atoms with E-state index in [1.165, 1.54) is 0 Å². The summed E-state index contributed by atoms with van der Waals surface area (Å²) in [6.45, 7) is 1.88. The van der Waals surface area contributed by atoms with Crippen LogP contribution in [0.4, 0.5) is 0 Å². The van der Waals surface area contributed by atoms with Gasteiger partial charge in [-0.3, -0.25) is 5.10 Å². The molecule has 2 unspecified atom stereocenters. The maximum absolute atomic E-state index is 10.1. The first-order chi connectivity index (χ1) is 8.18. The third-order valence-electron chi connectivity index (χ3n) is 2.91. The maximum atomic E-state index is 10.1. The fourth-order valence-electron chi connectivity index (χ4n) is 1.89. The Hall–Kier alpha value is -1.65. The van der Waals surface area contributed by atoms with Gasteiger partial charge in [-0.15, -0.1) is 0 Å². The van der Waals surface area contributed by atoms with Gasteiger partial charge in [0.15, 0.2) is 0 Å². The van der Waals surface area contributed by atoms with E-state index < -0.39 is 6.10 Å². The van der Waals surface area contributed by atoms with E-state index in [0.717, 1.165) is 16.8 Å². The van der Waals surface area contributed by atoms with E-state index in [9.17, 15) is 5.11 Å². The first kappa shape index (κ1) is 11.8. The van der Waals surface area contributed by atoms with Gasteiger partial charge in [-0.2, -0.15) is 5.10 Å². The molecule has 0 saturated carbocycles. The summed E-state index contributed by atoms with van der Waals surface area (Å²) in [5.74, 6) is 0. The van der Waals surface area contributed by atoms with Crippen molar-refractivity contribution in [3.05, 3.63) is 53.3 Å². The second-order valence-corrected chi connectivity index (χ2v) is 4.25. The SMILES string of the molecule is Cc1[nH]ncc1C(O)C(N)Cc1ccccc1. The molecule has 2 aromatic rings. The molecule has 0 spiro atoms. The molecular formula is C13H17N3O. The van der Waals surface area contributed by atoms with E-state index in [1.807, 2.05) is 37.3 Å². The van der Waals surface area contributed by atoms with Gasteiger partial charge >= 0.3 is 0 Å². The van der Waals surface area contributed by atoms with Crippen molar-refractivity contribution in [2.45, 2.75) is 25.5 Å².